The van der Waals surface area contributed by atoms with Crippen LogP contribution in [0.2, 0.25) is 0 Å². The van der Waals surface area contributed by atoms with Crippen molar-refractivity contribution in [2.45, 2.75) is 64.8 Å². The molecule has 3 N–H and O–H groups in total. The first-order valence-electron chi connectivity index (χ1n) is 6.44. The van der Waals surface area contributed by atoms with Gasteiger partial charge in [-0.1, -0.05) is 44.8 Å². The number of hydrogen-bond acceptors (Lipinski definition) is 2. The van der Waals surface area contributed by atoms with Gasteiger partial charge in [-0.05, 0) is 31.6 Å². The van der Waals surface area contributed by atoms with Crippen LogP contribution in [-0.2, 0) is 0 Å². The Kier molecular flexibility index (Phi) is 5.96. The fraction of sp³-hybridized carbons (Fsp3) is 0.846. The highest BCUT2D eigenvalue weighted by atomic mass is 15.2. The van der Waals surface area contributed by atoms with E-state index < -0.39 is 0 Å². The third kappa shape index (κ3) is 3.96. The summed E-state index contributed by atoms with van der Waals surface area (Å²) >= 11 is 0. The molecule has 0 spiro atoms. The van der Waals surface area contributed by atoms with Crippen LogP contribution in [0.3, 0.4) is 0 Å². The number of allylic oxidation sites excluding steroid dienone is 1. The van der Waals surface area contributed by atoms with Gasteiger partial charge >= 0.3 is 0 Å². The van der Waals surface area contributed by atoms with Crippen LogP contribution in [0.25, 0.3) is 0 Å². The maximum absolute atomic E-state index is 5.68. The van der Waals surface area contributed by atoms with Gasteiger partial charge in [-0.15, -0.1) is 0 Å². The molecule has 2 nitrogen and oxygen atoms in total. The molecule has 2 unspecified atom stereocenters. The number of rotatable bonds is 4. The third-order valence-corrected chi connectivity index (χ3v) is 3.62. The van der Waals surface area contributed by atoms with Crippen LogP contribution >= 0.6 is 0 Å². The molecule has 0 fully saturated rings. The molecule has 0 heterocycles. The zero-order valence-corrected chi connectivity index (χ0v) is 10.3. The van der Waals surface area contributed by atoms with E-state index in [-0.39, 0.29) is 0 Å². The van der Waals surface area contributed by atoms with Crippen molar-refractivity contribution in [2.75, 3.05) is 0 Å². The molecule has 0 aromatic heterocycles. The molecule has 0 bridgehead atoms. The second kappa shape index (κ2) is 7.02. The number of hydrazine groups is 1. The van der Waals surface area contributed by atoms with Crippen molar-refractivity contribution >= 4 is 0 Å². The lowest BCUT2D eigenvalue weighted by molar-refractivity contribution is 0.400. The van der Waals surface area contributed by atoms with Gasteiger partial charge < -0.3 is 0 Å². The van der Waals surface area contributed by atoms with Gasteiger partial charge in [0.25, 0.3) is 0 Å². The molecule has 0 aliphatic heterocycles. The Morgan fingerprint density at radius 2 is 2.07 bits per heavy atom. The maximum Gasteiger partial charge on any atom is 0.0445 e. The summed E-state index contributed by atoms with van der Waals surface area (Å²) in [5.74, 6) is 6.32. The second-order valence-electron chi connectivity index (χ2n) is 4.76. The first-order chi connectivity index (χ1) is 7.29. The molecule has 2 heteroatoms. The minimum Gasteiger partial charge on any atom is -0.271 e. The smallest absolute Gasteiger partial charge is 0.0445 e. The molecule has 0 saturated carbocycles. The monoisotopic (exact) mass is 210 g/mol. The summed E-state index contributed by atoms with van der Waals surface area (Å²) in [6.07, 6.45) is 11.6. The topological polar surface area (TPSA) is 38.0 Å². The van der Waals surface area contributed by atoms with Crippen molar-refractivity contribution in [1.29, 1.82) is 0 Å². The van der Waals surface area contributed by atoms with E-state index in [4.69, 9.17) is 5.84 Å². The van der Waals surface area contributed by atoms with E-state index in [1.165, 1.54) is 44.9 Å². The van der Waals surface area contributed by atoms with E-state index in [0.717, 1.165) is 0 Å². The SMILES string of the molecule is CCC(C)C(NN)C1=CCCCCCC1. The largest absolute Gasteiger partial charge is 0.271 e. The first kappa shape index (κ1) is 12.7. The fourth-order valence-electron chi connectivity index (χ4n) is 2.37. The predicted octanol–water partition coefficient (Wildman–Crippen LogP) is 3.15. The minimum absolute atomic E-state index is 0.396. The van der Waals surface area contributed by atoms with Crippen molar-refractivity contribution in [3.63, 3.8) is 0 Å². The van der Waals surface area contributed by atoms with Gasteiger partial charge in [0.05, 0.1) is 0 Å². The molecule has 0 radical (unpaired) electrons. The summed E-state index contributed by atoms with van der Waals surface area (Å²) in [7, 11) is 0. The van der Waals surface area contributed by atoms with Crippen molar-refractivity contribution in [3.05, 3.63) is 11.6 Å². The standard InChI is InChI=1S/C13H26N2/c1-3-11(2)13(15-14)12-9-7-5-4-6-8-10-12/h9,11,13,15H,3-8,10,14H2,1-2H3. The Labute approximate surface area is 94.3 Å². The lowest BCUT2D eigenvalue weighted by Crippen LogP contribution is -2.41. The van der Waals surface area contributed by atoms with Gasteiger partial charge in [-0.3, -0.25) is 11.3 Å². The van der Waals surface area contributed by atoms with Gasteiger partial charge in [0.15, 0.2) is 0 Å². The lowest BCUT2D eigenvalue weighted by atomic mass is 9.87. The molecule has 0 aromatic rings. The molecule has 0 saturated heterocycles. The van der Waals surface area contributed by atoms with Crippen molar-refractivity contribution < 1.29 is 0 Å². The van der Waals surface area contributed by atoms with Crippen LogP contribution in [0, 0.1) is 5.92 Å². The van der Waals surface area contributed by atoms with Crippen LogP contribution in [-0.4, -0.2) is 6.04 Å². The molecule has 1 rings (SSSR count). The second-order valence-corrected chi connectivity index (χ2v) is 4.76. The predicted molar refractivity (Wildman–Crippen MR) is 66.4 cm³/mol. The van der Waals surface area contributed by atoms with Gasteiger partial charge in [0.2, 0.25) is 0 Å². The Morgan fingerprint density at radius 3 is 2.73 bits per heavy atom. The molecule has 0 aromatic carbocycles. The Hall–Kier alpha value is -0.340. The molecule has 2 atom stereocenters. The molecular formula is C13H26N2. The first-order valence-corrected chi connectivity index (χ1v) is 6.44. The quantitative estimate of drug-likeness (QED) is 0.425. The van der Waals surface area contributed by atoms with Crippen LogP contribution < -0.4 is 11.3 Å². The van der Waals surface area contributed by atoms with Crippen molar-refractivity contribution in [3.8, 4) is 0 Å². The summed E-state index contributed by atoms with van der Waals surface area (Å²) in [5, 5.41) is 0. The highest BCUT2D eigenvalue weighted by molar-refractivity contribution is 5.12. The molecular weight excluding hydrogens is 184 g/mol. The van der Waals surface area contributed by atoms with Gasteiger partial charge in [-0.25, -0.2) is 0 Å². The molecule has 15 heavy (non-hydrogen) atoms. The summed E-state index contributed by atoms with van der Waals surface area (Å²) in [6.45, 7) is 4.52. The molecule has 88 valence electrons. The fourth-order valence-corrected chi connectivity index (χ4v) is 2.37. The number of hydrogen-bond donors (Lipinski definition) is 2. The van der Waals surface area contributed by atoms with E-state index in [2.05, 4.69) is 25.3 Å². The molecule has 0 amide bonds. The lowest BCUT2D eigenvalue weighted by Gasteiger charge is -2.26. The highest BCUT2D eigenvalue weighted by Gasteiger charge is 2.18. The zero-order valence-electron chi connectivity index (χ0n) is 10.3. The summed E-state index contributed by atoms with van der Waals surface area (Å²) in [6, 6.07) is 0.396. The Morgan fingerprint density at radius 1 is 1.33 bits per heavy atom. The summed E-state index contributed by atoms with van der Waals surface area (Å²) < 4.78 is 0. The van der Waals surface area contributed by atoms with Gasteiger partial charge in [0, 0.05) is 6.04 Å². The van der Waals surface area contributed by atoms with E-state index in [9.17, 15) is 0 Å². The van der Waals surface area contributed by atoms with Crippen LogP contribution in [0.1, 0.15) is 58.8 Å². The van der Waals surface area contributed by atoms with E-state index in [1.807, 2.05) is 0 Å². The summed E-state index contributed by atoms with van der Waals surface area (Å²) in [4.78, 5) is 0. The van der Waals surface area contributed by atoms with Gasteiger partial charge in [-0.2, -0.15) is 0 Å². The zero-order chi connectivity index (χ0) is 11.1. The van der Waals surface area contributed by atoms with Crippen molar-refractivity contribution in [1.82, 2.24) is 5.43 Å². The molecule has 1 aliphatic rings. The molecule has 1 aliphatic carbocycles. The van der Waals surface area contributed by atoms with Gasteiger partial charge in [0.1, 0.15) is 0 Å². The van der Waals surface area contributed by atoms with Crippen LogP contribution in [0.5, 0.6) is 0 Å². The Balaban J connectivity index is 2.62. The third-order valence-electron chi connectivity index (χ3n) is 3.62. The van der Waals surface area contributed by atoms with E-state index in [0.29, 0.717) is 12.0 Å². The number of nitrogens with two attached hydrogens (primary N) is 1. The van der Waals surface area contributed by atoms with Crippen LogP contribution in [0.4, 0.5) is 0 Å². The Bertz CT molecular complexity index is 199. The maximum atomic E-state index is 5.68. The summed E-state index contributed by atoms with van der Waals surface area (Å²) in [5.41, 5.74) is 4.55. The number of nitrogens with one attached hydrogen (secondary N) is 1. The normalized spacial score (nSPS) is 22.5. The average molecular weight is 210 g/mol. The van der Waals surface area contributed by atoms with E-state index in [1.54, 1.807) is 5.57 Å². The highest BCUT2D eigenvalue weighted by Crippen LogP contribution is 2.24. The average Bonchev–Trinajstić information content (AvgIpc) is 2.21. The van der Waals surface area contributed by atoms with Crippen LogP contribution in [0.15, 0.2) is 11.6 Å². The van der Waals surface area contributed by atoms with E-state index >= 15 is 0 Å². The minimum atomic E-state index is 0.396. The van der Waals surface area contributed by atoms with Crippen molar-refractivity contribution in [2.24, 2.45) is 11.8 Å².